The molecule has 22 heavy (non-hydrogen) atoms. The minimum absolute atomic E-state index is 0.0141. The Bertz CT molecular complexity index is 473. The standard InChI is InChI=1S/C17H26O5/c1-11(2)5-4-6-12(3)7-8-22-17(21)13-9-14(18)16(20)15(19)10-13/h9-12,18-20H,4-8H2,1-3H3. The molecule has 0 spiro atoms. The average Bonchev–Trinajstić information content (AvgIpc) is 2.43. The molecule has 5 nitrogen and oxygen atoms in total. The Morgan fingerprint density at radius 1 is 1.05 bits per heavy atom. The number of rotatable bonds is 8. The molecule has 1 atom stereocenters. The quantitative estimate of drug-likeness (QED) is 0.502. The van der Waals surface area contributed by atoms with E-state index in [4.69, 9.17) is 4.74 Å². The molecule has 0 bridgehead atoms. The molecule has 5 heteroatoms. The monoisotopic (exact) mass is 310 g/mol. The number of phenols is 3. The third kappa shape index (κ3) is 5.84. The van der Waals surface area contributed by atoms with Crippen LogP contribution in [0.3, 0.4) is 0 Å². The van der Waals surface area contributed by atoms with Gasteiger partial charge in [0.15, 0.2) is 17.2 Å². The van der Waals surface area contributed by atoms with Crippen molar-refractivity contribution in [2.75, 3.05) is 6.61 Å². The summed E-state index contributed by atoms with van der Waals surface area (Å²) in [5.74, 6) is -1.17. The molecule has 1 rings (SSSR count). The first-order valence-electron chi connectivity index (χ1n) is 7.73. The van der Waals surface area contributed by atoms with Crippen molar-refractivity contribution in [3.8, 4) is 17.2 Å². The van der Waals surface area contributed by atoms with Gasteiger partial charge in [0, 0.05) is 0 Å². The van der Waals surface area contributed by atoms with Crippen LogP contribution in [-0.4, -0.2) is 27.9 Å². The van der Waals surface area contributed by atoms with Crippen molar-refractivity contribution in [1.29, 1.82) is 0 Å². The third-order valence-corrected chi connectivity index (χ3v) is 3.63. The van der Waals surface area contributed by atoms with Gasteiger partial charge in [-0.05, 0) is 30.4 Å². The summed E-state index contributed by atoms with van der Waals surface area (Å²) in [5, 5.41) is 28.0. The maximum atomic E-state index is 11.8. The number of benzene rings is 1. The number of hydrogen-bond donors (Lipinski definition) is 3. The number of esters is 1. The van der Waals surface area contributed by atoms with E-state index >= 15 is 0 Å². The van der Waals surface area contributed by atoms with E-state index in [1.165, 1.54) is 12.8 Å². The van der Waals surface area contributed by atoms with Crippen molar-refractivity contribution in [2.24, 2.45) is 11.8 Å². The normalized spacial score (nSPS) is 12.4. The van der Waals surface area contributed by atoms with Crippen molar-refractivity contribution < 1.29 is 24.9 Å². The van der Waals surface area contributed by atoms with E-state index in [1.807, 2.05) is 0 Å². The summed E-state index contributed by atoms with van der Waals surface area (Å²) < 4.78 is 5.13. The first kappa shape index (κ1) is 18.1. The smallest absolute Gasteiger partial charge is 0.338 e. The van der Waals surface area contributed by atoms with E-state index in [0.29, 0.717) is 18.4 Å². The number of aromatic hydroxyl groups is 3. The summed E-state index contributed by atoms with van der Waals surface area (Å²) in [6.45, 7) is 6.83. The van der Waals surface area contributed by atoms with Crippen LogP contribution in [0.2, 0.25) is 0 Å². The molecular formula is C17H26O5. The lowest BCUT2D eigenvalue weighted by atomic mass is 9.98. The molecule has 0 aliphatic carbocycles. The van der Waals surface area contributed by atoms with E-state index in [1.54, 1.807) is 0 Å². The molecule has 1 aromatic rings. The van der Waals surface area contributed by atoms with Crippen LogP contribution in [0.1, 0.15) is 56.8 Å². The Kier molecular flexibility index (Phi) is 7.02. The molecule has 1 aromatic carbocycles. The first-order chi connectivity index (χ1) is 10.3. The summed E-state index contributed by atoms with van der Waals surface area (Å²) in [6.07, 6.45) is 4.26. The highest BCUT2D eigenvalue weighted by Gasteiger charge is 2.15. The lowest BCUT2D eigenvalue weighted by molar-refractivity contribution is 0.0482. The summed E-state index contributed by atoms with van der Waals surface area (Å²) in [4.78, 5) is 11.8. The van der Waals surface area contributed by atoms with Crippen LogP contribution in [-0.2, 0) is 4.74 Å². The van der Waals surface area contributed by atoms with Crippen molar-refractivity contribution in [3.63, 3.8) is 0 Å². The number of carbonyl (C=O) groups excluding carboxylic acids is 1. The maximum Gasteiger partial charge on any atom is 0.338 e. The molecule has 0 aromatic heterocycles. The van der Waals surface area contributed by atoms with Gasteiger partial charge in [-0.15, -0.1) is 0 Å². The van der Waals surface area contributed by atoms with Gasteiger partial charge >= 0.3 is 5.97 Å². The summed E-state index contributed by atoms with van der Waals surface area (Å²) in [5.41, 5.74) is 0.0141. The van der Waals surface area contributed by atoms with Crippen molar-refractivity contribution in [2.45, 2.75) is 46.5 Å². The van der Waals surface area contributed by atoms with Gasteiger partial charge < -0.3 is 20.1 Å². The number of phenolic OH excluding ortho intramolecular Hbond substituents is 3. The number of carbonyl (C=O) groups is 1. The lowest BCUT2D eigenvalue weighted by Gasteiger charge is -2.12. The van der Waals surface area contributed by atoms with Gasteiger partial charge in [0.2, 0.25) is 0 Å². The molecule has 0 heterocycles. The fourth-order valence-corrected chi connectivity index (χ4v) is 2.18. The van der Waals surface area contributed by atoms with E-state index in [-0.39, 0.29) is 5.56 Å². The number of hydrogen-bond acceptors (Lipinski definition) is 5. The van der Waals surface area contributed by atoms with Gasteiger partial charge in [0.05, 0.1) is 12.2 Å². The highest BCUT2D eigenvalue weighted by Crippen LogP contribution is 2.35. The Morgan fingerprint density at radius 3 is 2.18 bits per heavy atom. The topological polar surface area (TPSA) is 87.0 Å². The minimum Gasteiger partial charge on any atom is -0.504 e. The highest BCUT2D eigenvalue weighted by atomic mass is 16.5. The summed E-state index contributed by atoms with van der Waals surface area (Å²) in [6, 6.07) is 2.15. The van der Waals surface area contributed by atoms with Crippen molar-refractivity contribution in [3.05, 3.63) is 17.7 Å². The fraction of sp³-hybridized carbons (Fsp3) is 0.588. The van der Waals surface area contributed by atoms with Gasteiger partial charge in [0.25, 0.3) is 0 Å². The SMILES string of the molecule is CC(C)CCCC(C)CCOC(=O)c1cc(O)c(O)c(O)c1. The van der Waals surface area contributed by atoms with Crippen LogP contribution in [0.15, 0.2) is 12.1 Å². The van der Waals surface area contributed by atoms with Gasteiger partial charge in [-0.3, -0.25) is 0 Å². The molecule has 0 aliphatic rings. The Morgan fingerprint density at radius 2 is 1.64 bits per heavy atom. The van der Waals surface area contributed by atoms with Crippen molar-refractivity contribution in [1.82, 2.24) is 0 Å². The molecule has 0 fully saturated rings. The van der Waals surface area contributed by atoms with Crippen LogP contribution in [0.4, 0.5) is 0 Å². The van der Waals surface area contributed by atoms with Crippen LogP contribution >= 0.6 is 0 Å². The molecule has 3 N–H and O–H groups in total. The van der Waals surface area contributed by atoms with Gasteiger partial charge in [-0.2, -0.15) is 0 Å². The number of ether oxygens (including phenoxy) is 1. The lowest BCUT2D eigenvalue weighted by Crippen LogP contribution is -2.09. The van der Waals surface area contributed by atoms with Crippen molar-refractivity contribution >= 4 is 5.97 Å². The van der Waals surface area contributed by atoms with E-state index in [9.17, 15) is 20.1 Å². The highest BCUT2D eigenvalue weighted by molar-refractivity contribution is 5.91. The fourth-order valence-electron chi connectivity index (χ4n) is 2.18. The molecule has 1 unspecified atom stereocenters. The Balaban J connectivity index is 2.37. The van der Waals surface area contributed by atoms with E-state index < -0.39 is 23.2 Å². The summed E-state index contributed by atoms with van der Waals surface area (Å²) in [7, 11) is 0. The largest absolute Gasteiger partial charge is 0.504 e. The zero-order valence-corrected chi connectivity index (χ0v) is 13.5. The first-order valence-corrected chi connectivity index (χ1v) is 7.73. The zero-order chi connectivity index (χ0) is 16.7. The third-order valence-electron chi connectivity index (χ3n) is 3.63. The van der Waals surface area contributed by atoms with Crippen LogP contribution in [0, 0.1) is 11.8 Å². The molecule has 124 valence electrons. The molecule has 0 saturated heterocycles. The van der Waals surface area contributed by atoms with Gasteiger partial charge in [-0.25, -0.2) is 4.79 Å². The molecule has 0 radical (unpaired) electrons. The molecule has 0 saturated carbocycles. The summed E-state index contributed by atoms with van der Waals surface area (Å²) >= 11 is 0. The van der Waals surface area contributed by atoms with E-state index in [0.717, 1.165) is 25.0 Å². The van der Waals surface area contributed by atoms with E-state index in [2.05, 4.69) is 20.8 Å². The predicted octanol–water partition coefficient (Wildman–Crippen LogP) is 3.81. The average molecular weight is 310 g/mol. The Labute approximate surface area is 131 Å². The second kappa shape index (κ2) is 8.51. The zero-order valence-electron chi connectivity index (χ0n) is 13.5. The molecular weight excluding hydrogens is 284 g/mol. The second-order valence-electron chi connectivity index (χ2n) is 6.22. The second-order valence-corrected chi connectivity index (χ2v) is 6.22. The molecule has 0 amide bonds. The Hall–Kier alpha value is -1.91. The van der Waals surface area contributed by atoms with Crippen LogP contribution in [0.5, 0.6) is 17.2 Å². The van der Waals surface area contributed by atoms with Gasteiger partial charge in [0.1, 0.15) is 0 Å². The minimum atomic E-state index is -0.643. The van der Waals surface area contributed by atoms with Crippen LogP contribution in [0.25, 0.3) is 0 Å². The predicted molar refractivity (Wildman–Crippen MR) is 84.2 cm³/mol. The van der Waals surface area contributed by atoms with Gasteiger partial charge in [-0.1, -0.05) is 40.0 Å². The van der Waals surface area contributed by atoms with Crippen LogP contribution < -0.4 is 0 Å². The molecule has 0 aliphatic heterocycles. The maximum absolute atomic E-state index is 11.8.